The zero-order chi connectivity index (χ0) is 33.8. The van der Waals surface area contributed by atoms with Crippen molar-refractivity contribution in [2.75, 3.05) is 24.9 Å². The second-order valence-corrected chi connectivity index (χ2v) is 13.9. The minimum atomic E-state index is -3.98. The van der Waals surface area contributed by atoms with Crippen LogP contribution in [-0.4, -0.2) is 59.9 Å². The third-order valence-corrected chi connectivity index (χ3v) is 10.1. The van der Waals surface area contributed by atoms with Crippen LogP contribution in [0, 0.1) is 5.92 Å². The molecule has 0 saturated carbocycles. The molecular weight excluding hydrogens is 630 g/mol. The van der Waals surface area contributed by atoms with E-state index in [4.69, 9.17) is 9.47 Å². The molecule has 10 nitrogen and oxygen atoms in total. The largest absolute Gasteiger partial charge is 0.508 e. The van der Waals surface area contributed by atoms with Crippen molar-refractivity contribution in [3.63, 3.8) is 0 Å². The highest BCUT2D eigenvalue weighted by Crippen LogP contribution is 2.42. The van der Waals surface area contributed by atoms with Gasteiger partial charge in [0.2, 0.25) is 0 Å². The van der Waals surface area contributed by atoms with Gasteiger partial charge in [0.05, 0.1) is 30.4 Å². The average Bonchev–Trinajstić information content (AvgIpc) is 3.09. The maximum Gasteiger partial charge on any atom is 0.264 e. The van der Waals surface area contributed by atoms with E-state index in [-0.39, 0.29) is 35.4 Å². The van der Waals surface area contributed by atoms with Gasteiger partial charge in [0.25, 0.3) is 10.0 Å². The second kappa shape index (κ2) is 14.4. The van der Waals surface area contributed by atoms with Crippen molar-refractivity contribution in [1.29, 1.82) is 0 Å². The molecule has 5 atom stereocenters. The summed E-state index contributed by atoms with van der Waals surface area (Å²) in [6, 6.07) is 29.7. The molecule has 1 aromatic heterocycles. The van der Waals surface area contributed by atoms with Crippen LogP contribution in [0.25, 0.3) is 10.9 Å². The molecule has 0 radical (unpaired) electrons. The molecule has 11 heteroatoms. The van der Waals surface area contributed by atoms with E-state index >= 15 is 0 Å². The number of aliphatic hydroxyl groups excluding tert-OH is 2. The van der Waals surface area contributed by atoms with Crippen molar-refractivity contribution in [3.8, 4) is 5.75 Å². The van der Waals surface area contributed by atoms with E-state index in [0.717, 1.165) is 16.5 Å². The van der Waals surface area contributed by atoms with Crippen LogP contribution in [0.1, 0.15) is 47.7 Å². The van der Waals surface area contributed by atoms with Gasteiger partial charge in [0.15, 0.2) is 6.29 Å². The molecule has 250 valence electrons. The summed E-state index contributed by atoms with van der Waals surface area (Å²) < 4.78 is 42.9. The SMILES string of the molecule is C[C@H]1[C@@H](CN(C)C[C@@H](O)c2cccc(O)c2)OC(c2cccc(NS(=O)(=O)c3cccc4cccnc34)c2)O[C@H]1c1ccc(CO)cc1. The standard InChI is InChI=1S/C37H39N3O7S/c1-24-33(22-40(2)21-32(43)28-8-4-12-31(42)20-28)46-37(47-36(24)27-16-14-25(23-41)15-17-27)29-9-3-11-30(19-29)39-48(44,45)34-13-5-7-26-10-6-18-38-35(26)34/h3-20,24,32-33,36-37,39,41-43H,21-23H2,1-2H3/t24-,32+,33+,36+,37?/m0/s1. The number of aliphatic hydroxyl groups is 2. The first-order chi connectivity index (χ1) is 23.1. The summed E-state index contributed by atoms with van der Waals surface area (Å²) in [4.78, 5) is 6.36. The summed E-state index contributed by atoms with van der Waals surface area (Å²) in [6.07, 6.45) is -0.809. The molecule has 0 spiro atoms. The van der Waals surface area contributed by atoms with Gasteiger partial charge in [-0.2, -0.15) is 0 Å². The Balaban J connectivity index is 1.25. The van der Waals surface area contributed by atoms with Gasteiger partial charge in [-0.25, -0.2) is 8.42 Å². The van der Waals surface area contributed by atoms with E-state index in [1.165, 1.54) is 6.07 Å². The van der Waals surface area contributed by atoms with Crippen LogP contribution in [0.2, 0.25) is 0 Å². The Morgan fingerprint density at radius 2 is 1.67 bits per heavy atom. The topological polar surface area (TPSA) is 141 Å². The fourth-order valence-electron chi connectivity index (χ4n) is 6.09. The number of hydrogen-bond acceptors (Lipinski definition) is 9. The Morgan fingerprint density at radius 3 is 2.44 bits per heavy atom. The molecule has 1 saturated heterocycles. The smallest absolute Gasteiger partial charge is 0.264 e. The Labute approximate surface area is 280 Å². The molecule has 0 bridgehead atoms. The minimum absolute atomic E-state index is 0.0699. The molecule has 6 rings (SSSR count). The lowest BCUT2D eigenvalue weighted by atomic mass is 9.90. The van der Waals surface area contributed by atoms with Crippen LogP contribution in [0.15, 0.2) is 114 Å². The molecule has 0 aliphatic carbocycles. The first-order valence-corrected chi connectivity index (χ1v) is 17.2. The van der Waals surface area contributed by atoms with Gasteiger partial charge in [0, 0.05) is 41.8 Å². The number of benzene rings is 4. The highest BCUT2D eigenvalue weighted by molar-refractivity contribution is 7.93. The molecule has 2 heterocycles. The molecule has 48 heavy (non-hydrogen) atoms. The molecule has 1 fully saturated rings. The number of likely N-dealkylation sites (N-methyl/N-ethyl adjacent to an activating group) is 1. The number of aromatic nitrogens is 1. The zero-order valence-corrected chi connectivity index (χ0v) is 27.5. The van der Waals surface area contributed by atoms with Gasteiger partial charge in [-0.15, -0.1) is 0 Å². The van der Waals surface area contributed by atoms with E-state index in [0.29, 0.717) is 35.4 Å². The number of aromatic hydroxyl groups is 1. The van der Waals surface area contributed by atoms with Crippen LogP contribution >= 0.6 is 0 Å². The number of phenolic OH excluding ortho intramolecular Hbond substituents is 1. The van der Waals surface area contributed by atoms with Crippen molar-refractivity contribution in [3.05, 3.63) is 132 Å². The first-order valence-electron chi connectivity index (χ1n) is 15.7. The van der Waals surface area contributed by atoms with Crippen LogP contribution in [0.5, 0.6) is 5.75 Å². The van der Waals surface area contributed by atoms with E-state index in [2.05, 4.69) is 9.71 Å². The number of phenols is 1. The van der Waals surface area contributed by atoms with Gasteiger partial charge in [-0.05, 0) is 60.1 Å². The highest BCUT2D eigenvalue weighted by Gasteiger charge is 2.39. The number of fused-ring (bicyclic) bond motifs is 1. The molecule has 1 aliphatic heterocycles. The summed E-state index contributed by atoms with van der Waals surface area (Å²) in [7, 11) is -2.08. The first kappa shape index (κ1) is 33.5. The van der Waals surface area contributed by atoms with Crippen LogP contribution in [0.3, 0.4) is 0 Å². The summed E-state index contributed by atoms with van der Waals surface area (Å²) in [5.74, 6) is -0.0195. The highest BCUT2D eigenvalue weighted by atomic mass is 32.2. The number of nitrogens with one attached hydrogen (secondary N) is 1. The predicted molar refractivity (Wildman–Crippen MR) is 183 cm³/mol. The number of ether oxygens (including phenoxy) is 2. The fourth-order valence-corrected chi connectivity index (χ4v) is 7.32. The Morgan fingerprint density at radius 1 is 0.917 bits per heavy atom. The monoisotopic (exact) mass is 669 g/mol. The number of rotatable bonds is 11. The quantitative estimate of drug-likeness (QED) is 0.140. The number of para-hydroxylation sites is 1. The second-order valence-electron chi connectivity index (χ2n) is 12.2. The van der Waals surface area contributed by atoms with Gasteiger partial charge in [-0.1, -0.05) is 73.7 Å². The third-order valence-electron chi connectivity index (χ3n) is 8.65. The summed E-state index contributed by atoms with van der Waals surface area (Å²) in [5, 5.41) is 31.1. The van der Waals surface area contributed by atoms with Crippen molar-refractivity contribution in [2.24, 2.45) is 5.92 Å². The number of nitrogens with zero attached hydrogens (tertiary/aromatic N) is 2. The lowest BCUT2D eigenvalue weighted by molar-refractivity contribution is -0.276. The summed E-state index contributed by atoms with van der Waals surface area (Å²) in [6.45, 7) is 2.74. The van der Waals surface area contributed by atoms with Gasteiger partial charge in [-0.3, -0.25) is 9.71 Å². The molecule has 1 unspecified atom stereocenters. The molecular formula is C37H39N3O7S. The fraction of sp³-hybridized carbons (Fsp3) is 0.270. The molecule has 5 aromatic rings. The summed E-state index contributed by atoms with van der Waals surface area (Å²) in [5.41, 5.74) is 3.67. The van der Waals surface area contributed by atoms with E-state index < -0.39 is 22.4 Å². The minimum Gasteiger partial charge on any atom is -0.508 e. The Kier molecular flexibility index (Phi) is 10.1. The predicted octanol–water partition coefficient (Wildman–Crippen LogP) is 5.69. The van der Waals surface area contributed by atoms with Gasteiger partial charge in [0.1, 0.15) is 10.6 Å². The number of hydrogen-bond donors (Lipinski definition) is 4. The van der Waals surface area contributed by atoms with Crippen molar-refractivity contribution >= 4 is 26.6 Å². The number of pyridine rings is 1. The van der Waals surface area contributed by atoms with Crippen molar-refractivity contribution in [2.45, 2.75) is 43.0 Å². The van der Waals surface area contributed by atoms with E-state index in [9.17, 15) is 23.7 Å². The van der Waals surface area contributed by atoms with E-state index in [1.54, 1.807) is 60.8 Å². The molecule has 4 N–H and O–H groups in total. The lowest BCUT2D eigenvalue weighted by Crippen LogP contribution is -2.44. The van der Waals surface area contributed by atoms with Crippen LogP contribution in [0.4, 0.5) is 5.69 Å². The number of sulfonamides is 1. The van der Waals surface area contributed by atoms with Crippen LogP contribution < -0.4 is 4.72 Å². The van der Waals surface area contributed by atoms with Gasteiger partial charge < -0.3 is 29.7 Å². The average molecular weight is 670 g/mol. The Hall–Kier alpha value is -4.36. The summed E-state index contributed by atoms with van der Waals surface area (Å²) >= 11 is 0. The Bertz CT molecular complexity index is 1970. The molecule has 4 aromatic carbocycles. The normalized spacial score (nSPS) is 20.5. The number of anilines is 1. The van der Waals surface area contributed by atoms with Crippen LogP contribution in [-0.2, 0) is 26.1 Å². The maximum absolute atomic E-state index is 13.5. The molecule has 1 aliphatic rings. The lowest BCUT2D eigenvalue weighted by Gasteiger charge is -2.42. The molecule has 0 amide bonds. The third kappa shape index (κ3) is 7.52. The van der Waals surface area contributed by atoms with Gasteiger partial charge >= 0.3 is 0 Å². The van der Waals surface area contributed by atoms with E-state index in [1.807, 2.05) is 61.3 Å². The maximum atomic E-state index is 13.5. The zero-order valence-electron chi connectivity index (χ0n) is 26.7. The van der Waals surface area contributed by atoms with Crippen molar-refractivity contribution < 1.29 is 33.2 Å². The van der Waals surface area contributed by atoms with Crippen molar-refractivity contribution in [1.82, 2.24) is 9.88 Å².